The number of likely N-dealkylation sites (N-methyl/N-ethyl adjacent to an activating group) is 2. The average Bonchev–Trinajstić information content (AvgIpc) is 2.79. The molecule has 0 aromatic carbocycles. The number of rotatable bonds is 6. The van der Waals surface area contributed by atoms with Gasteiger partial charge in [0.25, 0.3) is 0 Å². The van der Waals surface area contributed by atoms with Crippen molar-refractivity contribution in [2.45, 2.75) is 86.2 Å². The molecule has 2 aliphatic rings. The van der Waals surface area contributed by atoms with Crippen molar-refractivity contribution in [1.29, 1.82) is 0 Å². The smallest absolute Gasteiger partial charge is 0.244 e. The third-order valence-corrected chi connectivity index (χ3v) is 8.02. The lowest BCUT2D eigenvalue weighted by atomic mass is 10.0. The molecule has 2 heterocycles. The van der Waals surface area contributed by atoms with Crippen LogP contribution in [0.2, 0.25) is 0 Å². The molecule has 0 radical (unpaired) electrons. The van der Waals surface area contributed by atoms with Crippen LogP contribution in [0, 0.1) is 11.8 Å². The molecular formula is C23H50N4+2. The van der Waals surface area contributed by atoms with Gasteiger partial charge >= 0.3 is 5.91 Å². The zero-order chi connectivity index (χ0) is 21.1. The summed E-state index contributed by atoms with van der Waals surface area (Å²) in [6, 6.07) is 0. The van der Waals surface area contributed by atoms with E-state index in [-0.39, 0.29) is 17.0 Å². The van der Waals surface area contributed by atoms with Crippen LogP contribution in [0.1, 0.15) is 69.2 Å². The monoisotopic (exact) mass is 382 g/mol. The minimum atomic E-state index is 0.00500. The Labute approximate surface area is 170 Å². The van der Waals surface area contributed by atoms with Crippen LogP contribution in [0.4, 0.5) is 0 Å². The van der Waals surface area contributed by atoms with Gasteiger partial charge in [-0.1, -0.05) is 27.7 Å². The zero-order valence-electron chi connectivity index (χ0n) is 20.7. The minimum Gasteiger partial charge on any atom is -0.244 e. The second-order valence-corrected chi connectivity index (χ2v) is 11.9. The summed E-state index contributed by atoms with van der Waals surface area (Å²) in [6.45, 7) is 31.5. The van der Waals surface area contributed by atoms with Crippen molar-refractivity contribution in [2.24, 2.45) is 11.8 Å². The number of nitrogens with zero attached hydrogens (tertiary/aromatic N) is 4. The van der Waals surface area contributed by atoms with Gasteiger partial charge in [0.1, 0.15) is 12.1 Å². The molecule has 2 fully saturated rings. The normalized spacial score (nSPS) is 39.3. The summed E-state index contributed by atoms with van der Waals surface area (Å²) in [4.78, 5) is 5.84. The first-order valence-corrected chi connectivity index (χ1v) is 11.4. The SMILES string of the molecule is CC[N@@+]1(C)CC(C)(C)N(CC(C)C)C12N(CC(C)C)CC(C)(C)[N@@+]2(C)CC. The van der Waals surface area contributed by atoms with E-state index in [1.807, 2.05) is 0 Å². The Morgan fingerprint density at radius 2 is 1.37 bits per heavy atom. The Balaban J connectivity index is 2.85. The van der Waals surface area contributed by atoms with Crippen molar-refractivity contribution >= 4 is 0 Å². The van der Waals surface area contributed by atoms with Gasteiger partial charge in [0.05, 0.1) is 39.3 Å². The Morgan fingerprint density at radius 1 is 0.852 bits per heavy atom. The van der Waals surface area contributed by atoms with Crippen molar-refractivity contribution in [3.05, 3.63) is 0 Å². The first-order chi connectivity index (χ1) is 12.1. The Kier molecular flexibility index (Phi) is 5.97. The highest BCUT2D eigenvalue weighted by molar-refractivity contribution is 5.01. The second kappa shape index (κ2) is 6.97. The van der Waals surface area contributed by atoms with E-state index in [9.17, 15) is 0 Å². The summed E-state index contributed by atoms with van der Waals surface area (Å²) in [6.07, 6.45) is 0. The van der Waals surface area contributed by atoms with Crippen molar-refractivity contribution in [3.8, 4) is 0 Å². The molecule has 4 nitrogen and oxygen atoms in total. The van der Waals surface area contributed by atoms with E-state index in [1.165, 1.54) is 39.3 Å². The van der Waals surface area contributed by atoms with Crippen molar-refractivity contribution in [1.82, 2.24) is 9.80 Å². The van der Waals surface area contributed by atoms with Crippen molar-refractivity contribution < 1.29 is 8.97 Å². The van der Waals surface area contributed by atoms with E-state index in [0.717, 1.165) is 8.97 Å². The second-order valence-electron chi connectivity index (χ2n) is 11.9. The fourth-order valence-corrected chi connectivity index (χ4v) is 6.83. The van der Waals surface area contributed by atoms with Crippen molar-refractivity contribution in [3.63, 3.8) is 0 Å². The third-order valence-electron chi connectivity index (χ3n) is 8.02. The third kappa shape index (κ3) is 3.01. The van der Waals surface area contributed by atoms with Crippen molar-refractivity contribution in [2.75, 3.05) is 53.4 Å². The minimum absolute atomic E-state index is 0.00500. The number of hydrogen-bond donors (Lipinski definition) is 0. The molecule has 0 amide bonds. The molecule has 27 heavy (non-hydrogen) atoms. The van der Waals surface area contributed by atoms with Crippen LogP contribution in [0.25, 0.3) is 0 Å². The molecule has 0 aliphatic carbocycles. The van der Waals surface area contributed by atoms with E-state index in [2.05, 4.69) is 93.1 Å². The van der Waals surface area contributed by atoms with E-state index in [1.54, 1.807) is 0 Å². The van der Waals surface area contributed by atoms with Crippen LogP contribution in [0.5, 0.6) is 0 Å². The molecule has 1 unspecified atom stereocenters. The molecule has 3 atom stereocenters. The molecule has 0 saturated carbocycles. The quantitative estimate of drug-likeness (QED) is 0.640. The summed E-state index contributed by atoms with van der Waals surface area (Å²) >= 11 is 0. The molecule has 0 bridgehead atoms. The molecule has 0 aromatic rings. The van der Waals surface area contributed by atoms with Crippen LogP contribution in [-0.4, -0.2) is 89.1 Å². The van der Waals surface area contributed by atoms with E-state index in [0.29, 0.717) is 11.8 Å². The molecule has 2 rings (SSSR count). The summed E-state index contributed by atoms with van der Waals surface area (Å²) in [5, 5.41) is 0. The summed E-state index contributed by atoms with van der Waals surface area (Å²) in [7, 11) is 5.10. The van der Waals surface area contributed by atoms with Crippen LogP contribution in [0.15, 0.2) is 0 Å². The summed E-state index contributed by atoms with van der Waals surface area (Å²) < 4.78 is 2.22. The zero-order valence-corrected chi connectivity index (χ0v) is 20.7. The highest BCUT2D eigenvalue weighted by Crippen LogP contribution is 2.56. The van der Waals surface area contributed by atoms with Gasteiger partial charge in [-0.25, -0.2) is 8.97 Å². The predicted molar refractivity (Wildman–Crippen MR) is 117 cm³/mol. The maximum absolute atomic E-state index is 2.94. The van der Waals surface area contributed by atoms with Crippen LogP contribution in [-0.2, 0) is 0 Å². The Bertz CT molecular complexity index is 540. The Hall–Kier alpha value is -0.160. The molecule has 4 heteroatoms. The van der Waals surface area contributed by atoms with E-state index in [4.69, 9.17) is 0 Å². The van der Waals surface area contributed by atoms with Gasteiger partial charge in [-0.2, -0.15) is 9.80 Å². The van der Waals surface area contributed by atoms with Crippen LogP contribution < -0.4 is 0 Å². The first-order valence-electron chi connectivity index (χ1n) is 11.4. The summed E-state index contributed by atoms with van der Waals surface area (Å²) in [5.74, 6) is 1.35. The van der Waals surface area contributed by atoms with E-state index >= 15 is 0 Å². The Morgan fingerprint density at radius 3 is 1.78 bits per heavy atom. The lowest BCUT2D eigenvalue weighted by Gasteiger charge is -2.58. The highest BCUT2D eigenvalue weighted by Gasteiger charge is 2.82. The predicted octanol–water partition coefficient (Wildman–Crippen LogP) is 4.03. The lowest BCUT2D eigenvalue weighted by Crippen LogP contribution is -2.84. The first kappa shape index (κ1) is 23.1. The van der Waals surface area contributed by atoms with Crippen LogP contribution in [0.3, 0.4) is 0 Å². The molecular weight excluding hydrogens is 332 g/mol. The highest BCUT2D eigenvalue weighted by atomic mass is 15.9. The van der Waals surface area contributed by atoms with Crippen LogP contribution >= 0.6 is 0 Å². The molecule has 1 spiro atoms. The van der Waals surface area contributed by atoms with Gasteiger partial charge in [0.2, 0.25) is 0 Å². The molecule has 0 N–H and O–H groups in total. The van der Waals surface area contributed by atoms with E-state index < -0.39 is 0 Å². The average molecular weight is 383 g/mol. The largest absolute Gasteiger partial charge is 0.357 e. The molecule has 2 aliphatic heterocycles. The summed E-state index contributed by atoms with van der Waals surface area (Å²) in [5.41, 5.74) is 0.424. The molecule has 160 valence electrons. The van der Waals surface area contributed by atoms with Gasteiger partial charge in [-0.05, 0) is 53.4 Å². The number of hydrogen-bond acceptors (Lipinski definition) is 2. The van der Waals surface area contributed by atoms with Gasteiger partial charge in [-0.3, -0.25) is 0 Å². The van der Waals surface area contributed by atoms with Gasteiger partial charge in [0.15, 0.2) is 0 Å². The fraction of sp³-hybridized carbons (Fsp3) is 1.00. The van der Waals surface area contributed by atoms with Gasteiger partial charge in [-0.15, -0.1) is 0 Å². The van der Waals surface area contributed by atoms with Gasteiger partial charge < -0.3 is 0 Å². The maximum atomic E-state index is 2.94. The fourth-order valence-electron chi connectivity index (χ4n) is 6.83. The van der Waals surface area contributed by atoms with Gasteiger partial charge in [0, 0.05) is 13.1 Å². The lowest BCUT2D eigenvalue weighted by molar-refractivity contribution is -1.17. The molecule has 2 saturated heterocycles. The standard InChI is InChI=1S/C23H50N4/c1-13-26(11)18-21(7,8)25(16-20(5)6)23(26)24(15-19(3)4)17-22(9,10)27(23,12)14-2/h19-20H,13-18H2,1-12H3/q+2/t23?,26-,27+/m0/s1. The molecule has 0 aromatic heterocycles. The maximum Gasteiger partial charge on any atom is 0.357 e. The number of quaternary nitrogens is 2. The topological polar surface area (TPSA) is 6.48 Å².